The van der Waals surface area contributed by atoms with Crippen molar-refractivity contribution < 1.29 is 8.42 Å². The van der Waals surface area contributed by atoms with Crippen LogP contribution >= 0.6 is 11.6 Å². The molecule has 3 nitrogen and oxygen atoms in total. The highest BCUT2D eigenvalue weighted by molar-refractivity contribution is 7.89. The second-order valence-electron chi connectivity index (χ2n) is 5.31. The molecular weight excluding hydrogens is 258 g/mol. The van der Waals surface area contributed by atoms with Crippen molar-refractivity contribution >= 4 is 21.6 Å². The molecular formula is C12H22ClNO2S. The topological polar surface area (TPSA) is 37.4 Å². The maximum atomic E-state index is 12.1. The maximum absolute atomic E-state index is 12.1. The first kappa shape index (κ1) is 13.6. The van der Waals surface area contributed by atoms with Crippen molar-refractivity contribution in [2.24, 2.45) is 11.8 Å². The lowest BCUT2D eigenvalue weighted by Gasteiger charge is -2.40. The summed E-state index contributed by atoms with van der Waals surface area (Å²) >= 11 is 5.57. The fourth-order valence-electron chi connectivity index (χ4n) is 3.19. The number of sulfonamides is 1. The molecule has 100 valence electrons. The zero-order valence-electron chi connectivity index (χ0n) is 10.3. The van der Waals surface area contributed by atoms with E-state index >= 15 is 0 Å². The number of halogens is 1. The molecule has 2 atom stereocenters. The predicted octanol–water partition coefficient (Wildman–Crippen LogP) is 2.46. The molecule has 1 saturated carbocycles. The molecule has 0 radical (unpaired) electrons. The largest absolute Gasteiger partial charge is 0.214 e. The van der Waals surface area contributed by atoms with Crippen LogP contribution in [-0.4, -0.2) is 37.4 Å². The van der Waals surface area contributed by atoms with Crippen molar-refractivity contribution in [3.05, 3.63) is 0 Å². The van der Waals surface area contributed by atoms with E-state index in [1.54, 1.807) is 4.31 Å². The van der Waals surface area contributed by atoms with Gasteiger partial charge in [-0.05, 0) is 31.1 Å². The molecule has 2 aliphatic rings. The quantitative estimate of drug-likeness (QED) is 0.742. The third-order valence-electron chi connectivity index (χ3n) is 4.18. The summed E-state index contributed by atoms with van der Waals surface area (Å²) in [5, 5.41) is 0. The number of rotatable bonds is 4. The summed E-state index contributed by atoms with van der Waals surface area (Å²) in [4.78, 5) is 0. The van der Waals surface area contributed by atoms with Gasteiger partial charge in [0.1, 0.15) is 0 Å². The fraction of sp³-hybridized carbons (Fsp3) is 1.00. The van der Waals surface area contributed by atoms with Crippen molar-refractivity contribution in [2.75, 3.05) is 24.7 Å². The van der Waals surface area contributed by atoms with E-state index < -0.39 is 10.0 Å². The van der Waals surface area contributed by atoms with E-state index in [1.165, 1.54) is 25.7 Å². The number of nitrogens with zero attached hydrogens (tertiary/aromatic N) is 1. The molecule has 0 N–H and O–H groups in total. The van der Waals surface area contributed by atoms with Crippen LogP contribution in [-0.2, 0) is 10.0 Å². The Morgan fingerprint density at radius 3 is 2.53 bits per heavy atom. The molecule has 2 unspecified atom stereocenters. The van der Waals surface area contributed by atoms with Gasteiger partial charge in [0.25, 0.3) is 0 Å². The van der Waals surface area contributed by atoms with Gasteiger partial charge in [-0.2, -0.15) is 0 Å². The second kappa shape index (κ2) is 5.89. The van der Waals surface area contributed by atoms with Crippen LogP contribution in [0.15, 0.2) is 0 Å². The Kier molecular flexibility index (Phi) is 4.72. The highest BCUT2D eigenvalue weighted by atomic mass is 35.5. The van der Waals surface area contributed by atoms with E-state index in [-0.39, 0.29) is 5.75 Å². The van der Waals surface area contributed by atoms with Crippen LogP contribution in [0.3, 0.4) is 0 Å². The SMILES string of the molecule is O=S(=O)(CCCCl)N1CCC2CCCCC2C1. The molecule has 17 heavy (non-hydrogen) atoms. The van der Waals surface area contributed by atoms with Gasteiger partial charge < -0.3 is 0 Å². The molecule has 5 heteroatoms. The van der Waals surface area contributed by atoms with Gasteiger partial charge in [-0.3, -0.25) is 0 Å². The number of hydrogen-bond acceptors (Lipinski definition) is 2. The minimum absolute atomic E-state index is 0.216. The normalized spacial score (nSPS) is 31.1. The van der Waals surface area contributed by atoms with E-state index in [1.807, 2.05) is 0 Å². The van der Waals surface area contributed by atoms with Gasteiger partial charge in [0, 0.05) is 19.0 Å². The van der Waals surface area contributed by atoms with Crippen molar-refractivity contribution in [2.45, 2.75) is 38.5 Å². The van der Waals surface area contributed by atoms with Gasteiger partial charge >= 0.3 is 0 Å². The molecule has 0 aromatic heterocycles. The Morgan fingerprint density at radius 2 is 1.82 bits per heavy atom. The molecule has 2 fully saturated rings. The van der Waals surface area contributed by atoms with Crippen LogP contribution in [0.4, 0.5) is 0 Å². The monoisotopic (exact) mass is 279 g/mol. The first-order chi connectivity index (χ1) is 8.13. The molecule has 1 aliphatic carbocycles. The molecule has 0 aromatic rings. The molecule has 0 amide bonds. The Balaban J connectivity index is 1.94. The highest BCUT2D eigenvalue weighted by Crippen LogP contribution is 2.36. The van der Waals surface area contributed by atoms with Crippen LogP contribution in [0.2, 0.25) is 0 Å². The molecule has 1 saturated heterocycles. The lowest BCUT2D eigenvalue weighted by molar-refractivity contribution is 0.136. The zero-order valence-corrected chi connectivity index (χ0v) is 11.8. The van der Waals surface area contributed by atoms with Gasteiger partial charge in [-0.25, -0.2) is 12.7 Å². The van der Waals surface area contributed by atoms with Crippen molar-refractivity contribution in [1.29, 1.82) is 0 Å². The average molecular weight is 280 g/mol. The zero-order chi connectivity index (χ0) is 12.3. The van der Waals surface area contributed by atoms with Crippen LogP contribution in [0, 0.1) is 11.8 Å². The van der Waals surface area contributed by atoms with Gasteiger partial charge in [0.05, 0.1) is 5.75 Å². The summed E-state index contributed by atoms with van der Waals surface area (Å²) in [6.07, 6.45) is 6.75. The van der Waals surface area contributed by atoms with Gasteiger partial charge in [-0.1, -0.05) is 19.3 Å². The van der Waals surface area contributed by atoms with Gasteiger partial charge in [0.2, 0.25) is 10.0 Å². The number of hydrogen-bond donors (Lipinski definition) is 0. The Morgan fingerprint density at radius 1 is 1.12 bits per heavy atom. The predicted molar refractivity (Wildman–Crippen MR) is 70.8 cm³/mol. The minimum Gasteiger partial charge on any atom is -0.212 e. The standard InChI is InChI=1S/C12H22ClNO2S/c13-7-3-9-17(15,16)14-8-6-11-4-1-2-5-12(11)10-14/h11-12H,1-10H2. The number of piperidine rings is 1. The third-order valence-corrected chi connectivity index (χ3v) is 6.37. The molecule has 0 spiro atoms. The first-order valence-electron chi connectivity index (χ1n) is 6.67. The van der Waals surface area contributed by atoms with Crippen LogP contribution in [0.1, 0.15) is 38.5 Å². The Labute approximate surface area is 110 Å². The molecule has 1 aliphatic heterocycles. The maximum Gasteiger partial charge on any atom is 0.214 e. The Bertz CT molecular complexity index is 344. The lowest BCUT2D eigenvalue weighted by atomic mass is 9.76. The summed E-state index contributed by atoms with van der Waals surface area (Å²) in [5.74, 6) is 2.04. The first-order valence-corrected chi connectivity index (χ1v) is 8.81. The summed E-state index contributed by atoms with van der Waals surface area (Å²) in [5.41, 5.74) is 0. The average Bonchev–Trinajstić information content (AvgIpc) is 2.36. The minimum atomic E-state index is -3.05. The van der Waals surface area contributed by atoms with Crippen molar-refractivity contribution in [1.82, 2.24) is 4.31 Å². The molecule has 0 bridgehead atoms. The van der Waals surface area contributed by atoms with Gasteiger partial charge in [0.15, 0.2) is 0 Å². The van der Waals surface area contributed by atoms with E-state index in [4.69, 9.17) is 11.6 Å². The summed E-state index contributed by atoms with van der Waals surface area (Å²) in [7, 11) is -3.05. The van der Waals surface area contributed by atoms with Crippen molar-refractivity contribution in [3.63, 3.8) is 0 Å². The van der Waals surface area contributed by atoms with E-state index in [9.17, 15) is 8.42 Å². The summed E-state index contributed by atoms with van der Waals surface area (Å²) < 4.78 is 25.9. The van der Waals surface area contributed by atoms with Crippen LogP contribution < -0.4 is 0 Å². The van der Waals surface area contributed by atoms with Crippen molar-refractivity contribution in [3.8, 4) is 0 Å². The fourth-order valence-corrected chi connectivity index (χ4v) is 5.05. The van der Waals surface area contributed by atoms with E-state index in [0.29, 0.717) is 18.2 Å². The number of fused-ring (bicyclic) bond motifs is 1. The third kappa shape index (κ3) is 3.36. The van der Waals surface area contributed by atoms with E-state index in [0.717, 1.165) is 25.4 Å². The lowest BCUT2D eigenvalue weighted by Crippen LogP contribution is -2.45. The van der Waals surface area contributed by atoms with Gasteiger partial charge in [-0.15, -0.1) is 11.6 Å². The summed E-state index contributed by atoms with van der Waals surface area (Å²) in [6.45, 7) is 1.49. The highest BCUT2D eigenvalue weighted by Gasteiger charge is 2.35. The van der Waals surface area contributed by atoms with Crippen LogP contribution in [0.25, 0.3) is 0 Å². The summed E-state index contributed by atoms with van der Waals surface area (Å²) in [6, 6.07) is 0. The van der Waals surface area contributed by atoms with E-state index in [2.05, 4.69) is 0 Å². The second-order valence-corrected chi connectivity index (χ2v) is 7.78. The molecule has 0 aromatic carbocycles. The molecule has 2 rings (SSSR count). The van der Waals surface area contributed by atoms with Crippen LogP contribution in [0.5, 0.6) is 0 Å². The smallest absolute Gasteiger partial charge is 0.212 e. The molecule has 1 heterocycles. The Hall–Kier alpha value is 0.200. The number of alkyl halides is 1.